The van der Waals surface area contributed by atoms with E-state index < -0.39 is 0 Å². The lowest BCUT2D eigenvalue weighted by Gasteiger charge is -2.32. The number of piperidine rings is 1. The van der Waals surface area contributed by atoms with Gasteiger partial charge in [0.15, 0.2) is 0 Å². The van der Waals surface area contributed by atoms with Crippen LogP contribution >= 0.6 is 24.0 Å². The third-order valence-corrected chi connectivity index (χ3v) is 8.01. The topological polar surface area (TPSA) is 67.2 Å². The number of carbonyl (C=O) groups excluding carboxylic acids is 1. The molecule has 0 bridgehead atoms. The van der Waals surface area contributed by atoms with Crippen LogP contribution in [0.3, 0.4) is 0 Å². The lowest BCUT2D eigenvalue weighted by molar-refractivity contribution is -0.123. The molecule has 33 heavy (non-hydrogen) atoms. The number of nitrogens with zero attached hydrogens (tertiary/aromatic N) is 4. The summed E-state index contributed by atoms with van der Waals surface area (Å²) < 4.78 is 7.79. The van der Waals surface area contributed by atoms with E-state index in [0.717, 1.165) is 50.9 Å². The molecule has 3 fully saturated rings. The molecule has 1 amide bonds. The van der Waals surface area contributed by atoms with Gasteiger partial charge in [-0.15, -0.1) is 0 Å². The van der Waals surface area contributed by atoms with Gasteiger partial charge in [-0.3, -0.25) is 18.9 Å². The molecule has 0 aliphatic carbocycles. The number of pyridine rings is 1. The van der Waals surface area contributed by atoms with Crippen molar-refractivity contribution in [2.75, 3.05) is 31.1 Å². The van der Waals surface area contributed by atoms with Crippen LogP contribution in [0.2, 0.25) is 0 Å². The van der Waals surface area contributed by atoms with Gasteiger partial charge in [-0.2, -0.15) is 0 Å². The SMILES string of the molecule is Cc1ccc2nc(N3CCC(C)CC3)c(/C=C3\SC(=S)N(C[C@@H]4CCCO4)C3=O)c(=O)n2c1. The zero-order chi connectivity index (χ0) is 23.1. The highest BCUT2D eigenvalue weighted by molar-refractivity contribution is 8.26. The second-order valence-corrected chi connectivity index (χ2v) is 10.9. The largest absolute Gasteiger partial charge is 0.376 e. The lowest BCUT2D eigenvalue weighted by atomic mass is 9.99. The summed E-state index contributed by atoms with van der Waals surface area (Å²) in [5, 5.41) is 0. The van der Waals surface area contributed by atoms with Crippen molar-refractivity contribution in [3.8, 4) is 0 Å². The third kappa shape index (κ3) is 4.46. The molecule has 3 saturated heterocycles. The maximum atomic E-state index is 13.6. The minimum absolute atomic E-state index is 0.0219. The highest BCUT2D eigenvalue weighted by Crippen LogP contribution is 2.35. The van der Waals surface area contributed by atoms with E-state index in [4.69, 9.17) is 21.9 Å². The molecule has 0 saturated carbocycles. The summed E-state index contributed by atoms with van der Waals surface area (Å²) in [5.74, 6) is 1.15. The number of fused-ring (bicyclic) bond motifs is 1. The predicted molar refractivity (Wildman–Crippen MR) is 136 cm³/mol. The van der Waals surface area contributed by atoms with Crippen molar-refractivity contribution >= 4 is 51.7 Å². The molecule has 5 rings (SSSR count). The van der Waals surface area contributed by atoms with Crippen LogP contribution in [0.5, 0.6) is 0 Å². The maximum Gasteiger partial charge on any atom is 0.267 e. The molecule has 174 valence electrons. The molecule has 5 heterocycles. The van der Waals surface area contributed by atoms with Gasteiger partial charge in [-0.25, -0.2) is 4.98 Å². The van der Waals surface area contributed by atoms with Crippen molar-refractivity contribution < 1.29 is 9.53 Å². The van der Waals surface area contributed by atoms with Gasteiger partial charge in [0.05, 0.1) is 23.1 Å². The average Bonchev–Trinajstić information content (AvgIpc) is 3.41. The molecule has 7 nitrogen and oxygen atoms in total. The zero-order valence-corrected chi connectivity index (χ0v) is 20.6. The van der Waals surface area contributed by atoms with Gasteiger partial charge in [0.2, 0.25) is 0 Å². The fourth-order valence-electron chi connectivity index (χ4n) is 4.62. The van der Waals surface area contributed by atoms with E-state index in [1.807, 2.05) is 19.1 Å². The third-order valence-electron chi connectivity index (χ3n) is 6.63. The number of rotatable bonds is 4. The van der Waals surface area contributed by atoms with Crippen LogP contribution in [0.25, 0.3) is 11.7 Å². The van der Waals surface area contributed by atoms with Crippen LogP contribution in [-0.4, -0.2) is 56.9 Å². The number of anilines is 1. The van der Waals surface area contributed by atoms with Crippen LogP contribution in [0.15, 0.2) is 28.0 Å². The van der Waals surface area contributed by atoms with Gasteiger partial charge in [0.1, 0.15) is 15.8 Å². The molecule has 0 radical (unpaired) electrons. The lowest BCUT2D eigenvalue weighted by Crippen LogP contribution is -2.36. The highest BCUT2D eigenvalue weighted by atomic mass is 32.2. The van der Waals surface area contributed by atoms with Crippen LogP contribution in [-0.2, 0) is 9.53 Å². The minimum Gasteiger partial charge on any atom is -0.376 e. The summed E-state index contributed by atoms with van der Waals surface area (Å²) in [4.78, 5) is 36.0. The number of amides is 1. The number of ether oxygens (including phenoxy) is 1. The molecule has 0 spiro atoms. The van der Waals surface area contributed by atoms with Gasteiger partial charge in [-0.1, -0.05) is 37.0 Å². The molecule has 0 unspecified atom stereocenters. The van der Waals surface area contributed by atoms with Crippen LogP contribution in [0.4, 0.5) is 5.82 Å². The Morgan fingerprint density at radius 2 is 2.03 bits per heavy atom. The quantitative estimate of drug-likeness (QED) is 0.485. The van der Waals surface area contributed by atoms with Crippen molar-refractivity contribution in [3.05, 3.63) is 44.7 Å². The molecule has 3 aliphatic heterocycles. The van der Waals surface area contributed by atoms with Crippen molar-refractivity contribution in [2.45, 2.75) is 45.6 Å². The summed E-state index contributed by atoms with van der Waals surface area (Å²) in [6.45, 7) is 7.08. The number of hydrogen-bond donors (Lipinski definition) is 0. The molecule has 0 N–H and O–H groups in total. The van der Waals surface area contributed by atoms with Crippen molar-refractivity contribution in [1.29, 1.82) is 0 Å². The summed E-state index contributed by atoms with van der Waals surface area (Å²) in [6, 6.07) is 3.83. The van der Waals surface area contributed by atoms with E-state index in [2.05, 4.69) is 11.8 Å². The first kappa shape index (κ1) is 22.6. The summed E-state index contributed by atoms with van der Waals surface area (Å²) >= 11 is 6.76. The Morgan fingerprint density at radius 3 is 2.76 bits per heavy atom. The number of carbonyl (C=O) groups is 1. The smallest absolute Gasteiger partial charge is 0.267 e. The van der Waals surface area contributed by atoms with E-state index in [1.165, 1.54) is 11.8 Å². The standard InChI is InChI=1S/C24H28N4O3S2/c1-15-7-9-26(10-8-15)21-18(22(29)27-13-16(2)5-6-20(27)25-21)12-19-23(30)28(24(32)33-19)14-17-4-3-11-31-17/h5-6,12-13,15,17H,3-4,7-11,14H2,1-2H3/b19-12-/t17-/m0/s1. The molecular formula is C24H28N4O3S2. The van der Waals surface area contributed by atoms with Gasteiger partial charge < -0.3 is 9.64 Å². The fourth-order valence-corrected chi connectivity index (χ4v) is 5.87. The first-order chi connectivity index (χ1) is 15.9. The summed E-state index contributed by atoms with van der Waals surface area (Å²) in [5.41, 5.74) is 1.87. The van der Waals surface area contributed by atoms with E-state index in [1.54, 1.807) is 21.6 Å². The average molecular weight is 485 g/mol. The Kier molecular flexibility index (Phi) is 6.28. The maximum absolute atomic E-state index is 13.6. The predicted octanol–water partition coefficient (Wildman–Crippen LogP) is 3.62. The fraction of sp³-hybridized carbons (Fsp3) is 0.500. The molecule has 1 atom stereocenters. The number of thioether (sulfide) groups is 1. The van der Waals surface area contributed by atoms with E-state index >= 15 is 0 Å². The number of aryl methyl sites for hydroxylation is 1. The number of aromatic nitrogens is 2. The summed E-state index contributed by atoms with van der Waals surface area (Å²) in [7, 11) is 0. The van der Waals surface area contributed by atoms with Gasteiger partial charge >= 0.3 is 0 Å². The zero-order valence-electron chi connectivity index (χ0n) is 19.0. The highest BCUT2D eigenvalue weighted by Gasteiger charge is 2.35. The Hall–Kier alpha value is -2.23. The summed E-state index contributed by atoms with van der Waals surface area (Å²) in [6.07, 6.45) is 7.57. The Morgan fingerprint density at radius 1 is 1.24 bits per heavy atom. The normalized spacial score (nSPS) is 23.5. The molecule has 2 aromatic heterocycles. The van der Waals surface area contributed by atoms with Crippen molar-refractivity contribution in [1.82, 2.24) is 14.3 Å². The Bertz CT molecular complexity index is 1190. The molecule has 3 aliphatic rings. The van der Waals surface area contributed by atoms with Crippen molar-refractivity contribution in [2.24, 2.45) is 5.92 Å². The van der Waals surface area contributed by atoms with Crippen LogP contribution < -0.4 is 10.5 Å². The number of hydrogen-bond acceptors (Lipinski definition) is 7. The number of thiocarbonyl (C=S) groups is 1. The van der Waals surface area contributed by atoms with E-state index in [9.17, 15) is 9.59 Å². The van der Waals surface area contributed by atoms with Crippen LogP contribution in [0.1, 0.15) is 43.7 Å². The van der Waals surface area contributed by atoms with Crippen molar-refractivity contribution in [3.63, 3.8) is 0 Å². The van der Waals surface area contributed by atoms with E-state index in [0.29, 0.717) is 38.7 Å². The Labute approximate surface area is 202 Å². The molecular weight excluding hydrogens is 456 g/mol. The first-order valence-electron chi connectivity index (χ1n) is 11.6. The van der Waals surface area contributed by atoms with Gasteiger partial charge in [0, 0.05) is 25.9 Å². The molecule has 2 aromatic rings. The molecule has 0 aromatic carbocycles. The minimum atomic E-state index is -0.165. The monoisotopic (exact) mass is 484 g/mol. The van der Waals surface area contributed by atoms with Gasteiger partial charge in [-0.05, 0) is 56.2 Å². The van der Waals surface area contributed by atoms with Gasteiger partial charge in [0.25, 0.3) is 11.5 Å². The second kappa shape index (κ2) is 9.19. The molecule has 9 heteroatoms. The van der Waals surface area contributed by atoms with E-state index in [-0.39, 0.29) is 17.6 Å². The second-order valence-electron chi connectivity index (χ2n) is 9.19. The van der Waals surface area contributed by atoms with Crippen LogP contribution in [0, 0.1) is 12.8 Å². The first-order valence-corrected chi connectivity index (χ1v) is 12.8. The Balaban J connectivity index is 1.56.